The molecule has 32 heavy (non-hydrogen) atoms. The normalized spacial score (nSPS) is 42.2. The lowest BCUT2D eigenvalue weighted by atomic mass is 9.66. The van der Waals surface area contributed by atoms with Gasteiger partial charge in [-0.05, 0) is 112 Å². The summed E-state index contributed by atoms with van der Waals surface area (Å²) >= 11 is 0. The molecule has 5 aliphatic carbocycles. The van der Waals surface area contributed by atoms with Crippen LogP contribution in [0.2, 0.25) is 0 Å². The first-order valence-electron chi connectivity index (χ1n) is 13.5. The molecule has 5 fully saturated rings. The van der Waals surface area contributed by atoms with Crippen LogP contribution in [-0.4, -0.2) is 23.6 Å². The first-order valence-corrected chi connectivity index (χ1v) is 13.5. The fourth-order valence-corrected chi connectivity index (χ4v) is 8.87. The Hall–Kier alpha value is -1.06. The molecule has 0 aliphatic heterocycles. The van der Waals surface area contributed by atoms with E-state index in [-0.39, 0.29) is 40.9 Å². The van der Waals surface area contributed by atoms with Crippen LogP contribution in [0.1, 0.15) is 98.8 Å². The second kappa shape index (κ2) is 8.01. The van der Waals surface area contributed by atoms with Gasteiger partial charge in [-0.1, -0.05) is 27.7 Å². The predicted molar refractivity (Wildman–Crippen MR) is 124 cm³/mol. The molecule has 4 heteroatoms. The highest BCUT2D eigenvalue weighted by molar-refractivity contribution is 5.74. The Morgan fingerprint density at radius 1 is 0.969 bits per heavy atom. The van der Waals surface area contributed by atoms with Gasteiger partial charge in [0.25, 0.3) is 0 Å². The van der Waals surface area contributed by atoms with E-state index in [0.717, 1.165) is 44.4 Å². The Balaban J connectivity index is 1.24. The summed E-state index contributed by atoms with van der Waals surface area (Å²) in [5.41, 5.74) is -0.0963. The Bertz CT molecular complexity index is 745. The lowest BCUT2D eigenvalue weighted by Crippen LogP contribution is -2.43. The number of hydrogen-bond donors (Lipinski definition) is 0. The number of fused-ring (bicyclic) bond motifs is 9. The Kier molecular flexibility index (Phi) is 5.69. The van der Waals surface area contributed by atoms with Gasteiger partial charge in [0.1, 0.15) is 11.7 Å². The van der Waals surface area contributed by atoms with Crippen LogP contribution in [0.15, 0.2) is 0 Å². The summed E-state index contributed by atoms with van der Waals surface area (Å²) in [7, 11) is 0. The van der Waals surface area contributed by atoms with Gasteiger partial charge in [0.05, 0.1) is 11.8 Å². The van der Waals surface area contributed by atoms with Gasteiger partial charge in [0.15, 0.2) is 0 Å². The molecule has 0 saturated heterocycles. The lowest BCUT2D eigenvalue weighted by molar-refractivity contribution is -0.169. The maximum absolute atomic E-state index is 13.2. The van der Waals surface area contributed by atoms with Crippen molar-refractivity contribution in [3.05, 3.63) is 0 Å². The molecular weight excluding hydrogens is 400 g/mol. The second-order valence-electron chi connectivity index (χ2n) is 13.5. The Labute approximate surface area is 194 Å². The summed E-state index contributed by atoms with van der Waals surface area (Å²) in [4.78, 5) is 26.2. The van der Waals surface area contributed by atoms with E-state index in [1.807, 2.05) is 0 Å². The molecule has 0 spiro atoms. The highest BCUT2D eigenvalue weighted by Gasteiger charge is 2.66. The Morgan fingerprint density at radius 3 is 2.28 bits per heavy atom. The third-order valence-corrected chi connectivity index (χ3v) is 10.0. The molecule has 4 nitrogen and oxygen atoms in total. The first kappa shape index (κ1) is 22.7. The molecule has 180 valence electrons. The molecule has 5 saturated carbocycles. The molecule has 0 aromatic rings. The molecule has 0 radical (unpaired) electrons. The summed E-state index contributed by atoms with van der Waals surface area (Å²) in [5, 5.41) is 0. The van der Waals surface area contributed by atoms with Crippen molar-refractivity contribution in [3.8, 4) is 0 Å². The zero-order chi connectivity index (χ0) is 22.8. The van der Waals surface area contributed by atoms with Crippen molar-refractivity contribution >= 4 is 11.9 Å². The number of carbonyl (C=O) groups is 2. The van der Waals surface area contributed by atoms with Crippen molar-refractivity contribution < 1.29 is 19.1 Å². The minimum Gasteiger partial charge on any atom is -0.462 e. The fraction of sp³-hybridized carbons (Fsp3) is 0.929. The topological polar surface area (TPSA) is 52.6 Å². The van der Waals surface area contributed by atoms with Gasteiger partial charge in [0.2, 0.25) is 0 Å². The number of ether oxygens (including phenoxy) is 2. The average Bonchev–Trinajstić information content (AvgIpc) is 3.50. The van der Waals surface area contributed by atoms with Crippen LogP contribution >= 0.6 is 0 Å². The van der Waals surface area contributed by atoms with E-state index < -0.39 is 0 Å². The summed E-state index contributed by atoms with van der Waals surface area (Å²) < 4.78 is 12.3. The van der Waals surface area contributed by atoms with Crippen LogP contribution in [-0.2, 0) is 19.1 Å². The molecule has 0 aromatic carbocycles. The van der Waals surface area contributed by atoms with Crippen LogP contribution in [0.5, 0.6) is 0 Å². The van der Waals surface area contributed by atoms with Crippen molar-refractivity contribution in [2.45, 2.75) is 111 Å². The van der Waals surface area contributed by atoms with E-state index in [1.54, 1.807) is 0 Å². The predicted octanol–water partition coefficient (Wildman–Crippen LogP) is 6.16. The van der Waals surface area contributed by atoms with Crippen LogP contribution in [0, 0.1) is 52.8 Å². The number of esters is 2. The summed E-state index contributed by atoms with van der Waals surface area (Å²) in [6, 6.07) is 0. The second-order valence-corrected chi connectivity index (χ2v) is 13.5. The van der Waals surface area contributed by atoms with Crippen molar-refractivity contribution in [1.29, 1.82) is 0 Å². The number of rotatable bonds is 6. The molecule has 0 amide bonds. The minimum atomic E-state index is -0.229. The molecule has 9 atom stereocenters. The number of hydrogen-bond acceptors (Lipinski definition) is 4. The SMILES string of the molecule is CCC(CC(C)(C)C)C(=O)OC1CC2CC1C1C3CC(CC3C(=O)OC3(C)CCCC3)C21. The largest absolute Gasteiger partial charge is 0.462 e. The maximum Gasteiger partial charge on any atom is 0.309 e. The van der Waals surface area contributed by atoms with Gasteiger partial charge in [-0.2, -0.15) is 0 Å². The fourth-order valence-electron chi connectivity index (χ4n) is 8.87. The summed E-state index contributed by atoms with van der Waals surface area (Å²) in [6.45, 7) is 10.8. The zero-order valence-electron chi connectivity index (χ0n) is 20.9. The van der Waals surface area contributed by atoms with Gasteiger partial charge in [-0.25, -0.2) is 0 Å². The molecular formula is C28H44O4. The molecule has 0 heterocycles. The summed E-state index contributed by atoms with van der Waals surface area (Å²) in [5.74, 6) is 3.82. The van der Waals surface area contributed by atoms with Gasteiger partial charge >= 0.3 is 11.9 Å². The van der Waals surface area contributed by atoms with Gasteiger partial charge < -0.3 is 9.47 Å². The van der Waals surface area contributed by atoms with E-state index in [4.69, 9.17) is 9.47 Å². The Morgan fingerprint density at radius 2 is 1.62 bits per heavy atom. The smallest absolute Gasteiger partial charge is 0.309 e. The first-order chi connectivity index (χ1) is 15.1. The third kappa shape index (κ3) is 3.92. The number of carbonyl (C=O) groups excluding carboxylic acids is 2. The highest BCUT2D eigenvalue weighted by atomic mass is 16.6. The highest BCUT2D eigenvalue weighted by Crippen LogP contribution is 2.69. The van der Waals surface area contributed by atoms with E-state index in [9.17, 15) is 9.59 Å². The van der Waals surface area contributed by atoms with Crippen molar-refractivity contribution in [2.24, 2.45) is 52.8 Å². The van der Waals surface area contributed by atoms with Crippen molar-refractivity contribution in [2.75, 3.05) is 0 Å². The lowest BCUT2D eigenvalue weighted by Gasteiger charge is -2.41. The van der Waals surface area contributed by atoms with Crippen LogP contribution in [0.4, 0.5) is 0 Å². The molecule has 9 unspecified atom stereocenters. The standard InChI is InChI=1S/C28H44O4/c1-6-16(15-27(2,3)4)25(29)31-22-14-18-13-21(22)24-19-11-17(23(18)24)12-20(19)26(30)32-28(5)9-7-8-10-28/h16-24H,6-15H2,1-5H3. The van der Waals surface area contributed by atoms with Crippen molar-refractivity contribution in [1.82, 2.24) is 0 Å². The van der Waals surface area contributed by atoms with E-state index >= 15 is 0 Å². The quantitative estimate of drug-likeness (QED) is 0.363. The van der Waals surface area contributed by atoms with Crippen LogP contribution in [0.25, 0.3) is 0 Å². The minimum absolute atomic E-state index is 0.000153. The molecule has 0 N–H and O–H groups in total. The van der Waals surface area contributed by atoms with Gasteiger partial charge in [0, 0.05) is 0 Å². The van der Waals surface area contributed by atoms with E-state index in [1.165, 1.54) is 25.7 Å². The van der Waals surface area contributed by atoms with Crippen LogP contribution < -0.4 is 0 Å². The zero-order valence-corrected chi connectivity index (χ0v) is 20.9. The molecule has 4 bridgehead atoms. The third-order valence-electron chi connectivity index (χ3n) is 10.0. The molecule has 0 aromatic heterocycles. The molecule has 5 aliphatic rings. The monoisotopic (exact) mass is 444 g/mol. The van der Waals surface area contributed by atoms with E-state index in [2.05, 4.69) is 34.6 Å². The van der Waals surface area contributed by atoms with Crippen molar-refractivity contribution in [3.63, 3.8) is 0 Å². The van der Waals surface area contributed by atoms with E-state index in [0.29, 0.717) is 29.6 Å². The average molecular weight is 445 g/mol. The maximum atomic E-state index is 13.2. The van der Waals surface area contributed by atoms with Gasteiger partial charge in [-0.15, -0.1) is 0 Å². The molecule has 5 rings (SSSR count). The van der Waals surface area contributed by atoms with Crippen LogP contribution in [0.3, 0.4) is 0 Å². The summed E-state index contributed by atoms with van der Waals surface area (Å²) in [6.07, 6.45) is 10.7. The van der Waals surface area contributed by atoms with Gasteiger partial charge in [-0.3, -0.25) is 9.59 Å².